The summed E-state index contributed by atoms with van der Waals surface area (Å²) in [5, 5.41) is 20.9. The lowest BCUT2D eigenvalue weighted by atomic mass is 9.56. The lowest BCUT2D eigenvalue weighted by molar-refractivity contribution is -0.105. The molecule has 2 aliphatic carbocycles. The Morgan fingerprint density at radius 3 is 2.05 bits per heavy atom. The highest BCUT2D eigenvalue weighted by Crippen LogP contribution is 2.56. The van der Waals surface area contributed by atoms with Gasteiger partial charge in [-0.05, 0) is 55.8 Å². The molecule has 1 N–H and O–H groups in total. The van der Waals surface area contributed by atoms with E-state index in [0.717, 1.165) is 44.9 Å². The predicted molar refractivity (Wildman–Crippen MR) is 77.4 cm³/mol. The van der Waals surface area contributed by atoms with Crippen molar-refractivity contribution in [3.63, 3.8) is 0 Å². The van der Waals surface area contributed by atoms with E-state index in [9.17, 15) is 10.4 Å². The first-order valence-electron chi connectivity index (χ1n) is 7.89. The molecule has 2 fully saturated rings. The summed E-state index contributed by atoms with van der Waals surface area (Å²) in [5.41, 5.74) is -0.888. The van der Waals surface area contributed by atoms with Crippen molar-refractivity contribution in [3.8, 4) is 6.07 Å². The van der Waals surface area contributed by atoms with Gasteiger partial charge >= 0.3 is 0 Å². The van der Waals surface area contributed by atoms with Gasteiger partial charge in [-0.3, -0.25) is 0 Å². The molecule has 2 atom stereocenters. The van der Waals surface area contributed by atoms with Gasteiger partial charge < -0.3 is 5.11 Å². The van der Waals surface area contributed by atoms with Crippen LogP contribution < -0.4 is 0 Å². The lowest BCUT2D eigenvalue weighted by Gasteiger charge is -2.49. The van der Waals surface area contributed by atoms with Crippen molar-refractivity contribution in [2.75, 3.05) is 0 Å². The summed E-state index contributed by atoms with van der Waals surface area (Å²) in [6.07, 6.45) is 6.91. The van der Waals surface area contributed by atoms with Crippen LogP contribution in [0.15, 0.2) is 0 Å². The van der Waals surface area contributed by atoms with Crippen molar-refractivity contribution >= 4 is 0 Å². The number of aliphatic hydroxyl groups is 1. The molecule has 19 heavy (non-hydrogen) atoms. The van der Waals surface area contributed by atoms with Gasteiger partial charge in [0, 0.05) is 0 Å². The van der Waals surface area contributed by atoms with Crippen molar-refractivity contribution in [2.24, 2.45) is 22.7 Å². The number of hydrogen-bond donors (Lipinski definition) is 1. The molecule has 0 heterocycles. The molecule has 2 nitrogen and oxygen atoms in total. The molecule has 0 amide bonds. The fourth-order valence-corrected chi connectivity index (χ4v) is 4.49. The van der Waals surface area contributed by atoms with E-state index < -0.39 is 11.0 Å². The van der Waals surface area contributed by atoms with Crippen LogP contribution in [0.25, 0.3) is 0 Å². The molecule has 0 aromatic rings. The van der Waals surface area contributed by atoms with E-state index >= 15 is 0 Å². The van der Waals surface area contributed by atoms with Crippen LogP contribution in [0.4, 0.5) is 0 Å². The van der Waals surface area contributed by atoms with Gasteiger partial charge in [0.2, 0.25) is 0 Å². The first-order valence-corrected chi connectivity index (χ1v) is 7.89. The van der Waals surface area contributed by atoms with Crippen LogP contribution >= 0.6 is 0 Å². The second-order valence-electron chi connectivity index (χ2n) is 8.05. The third-order valence-corrected chi connectivity index (χ3v) is 6.12. The van der Waals surface area contributed by atoms with Gasteiger partial charge in [-0.1, -0.05) is 34.1 Å². The quantitative estimate of drug-likeness (QED) is 0.767. The fourth-order valence-electron chi connectivity index (χ4n) is 4.49. The van der Waals surface area contributed by atoms with E-state index in [1.165, 1.54) is 0 Å². The van der Waals surface area contributed by atoms with Gasteiger partial charge in [-0.25, -0.2) is 0 Å². The van der Waals surface area contributed by atoms with E-state index in [0.29, 0.717) is 11.3 Å². The number of nitrogens with zero attached hydrogens (tertiary/aromatic N) is 1. The van der Waals surface area contributed by atoms with Crippen molar-refractivity contribution in [2.45, 2.75) is 78.2 Å². The Balaban J connectivity index is 2.17. The van der Waals surface area contributed by atoms with Gasteiger partial charge in [0.15, 0.2) is 0 Å². The van der Waals surface area contributed by atoms with Crippen molar-refractivity contribution in [1.29, 1.82) is 5.26 Å². The Morgan fingerprint density at radius 1 is 1.11 bits per heavy atom. The van der Waals surface area contributed by atoms with Gasteiger partial charge in [-0.2, -0.15) is 5.26 Å². The summed E-state index contributed by atoms with van der Waals surface area (Å²) in [5.74, 6) is 0.965. The van der Waals surface area contributed by atoms with Crippen LogP contribution in [-0.2, 0) is 0 Å². The van der Waals surface area contributed by atoms with Crippen molar-refractivity contribution in [1.82, 2.24) is 0 Å². The minimum atomic E-state index is -0.732. The molecule has 0 aliphatic heterocycles. The van der Waals surface area contributed by atoms with E-state index in [1.807, 2.05) is 0 Å². The molecule has 2 unspecified atom stereocenters. The van der Waals surface area contributed by atoms with Gasteiger partial charge in [-0.15, -0.1) is 0 Å². The molecule has 108 valence electrons. The van der Waals surface area contributed by atoms with Crippen LogP contribution in [0.3, 0.4) is 0 Å². The second-order valence-corrected chi connectivity index (χ2v) is 8.05. The monoisotopic (exact) mass is 263 g/mol. The first kappa shape index (κ1) is 14.9. The number of rotatable bonds is 1. The lowest BCUT2D eigenvalue weighted by Crippen LogP contribution is -2.51. The maximum atomic E-state index is 11.1. The predicted octanol–water partition coefficient (Wildman–Crippen LogP) is 4.28. The molecule has 0 spiro atoms. The maximum Gasteiger partial charge on any atom is 0.0863 e. The van der Waals surface area contributed by atoms with Crippen LogP contribution in [0, 0.1) is 34.0 Å². The largest absolute Gasteiger partial charge is 0.388 e. The van der Waals surface area contributed by atoms with Crippen LogP contribution in [0.1, 0.15) is 72.6 Å². The van der Waals surface area contributed by atoms with E-state index in [-0.39, 0.29) is 5.92 Å². The topological polar surface area (TPSA) is 44.0 Å². The highest BCUT2D eigenvalue weighted by atomic mass is 16.3. The summed E-state index contributed by atoms with van der Waals surface area (Å²) in [6.45, 7) is 9.01. The average molecular weight is 263 g/mol. The van der Waals surface area contributed by atoms with E-state index in [1.54, 1.807) is 0 Å². The summed E-state index contributed by atoms with van der Waals surface area (Å²) in [7, 11) is 0. The molecule has 0 bridgehead atoms. The van der Waals surface area contributed by atoms with Gasteiger partial charge in [0.25, 0.3) is 0 Å². The summed E-state index contributed by atoms with van der Waals surface area (Å²) in [6, 6.07) is 2.55. The molecule has 2 rings (SSSR count). The summed E-state index contributed by atoms with van der Waals surface area (Å²) < 4.78 is 0. The smallest absolute Gasteiger partial charge is 0.0863 e. The zero-order valence-electron chi connectivity index (χ0n) is 13.0. The molecular weight excluding hydrogens is 234 g/mol. The first-order chi connectivity index (χ1) is 8.75. The third kappa shape index (κ3) is 2.31. The number of nitriles is 1. The van der Waals surface area contributed by atoms with Gasteiger partial charge in [0.1, 0.15) is 0 Å². The molecule has 0 aromatic carbocycles. The second kappa shape index (κ2) is 4.77. The minimum absolute atomic E-state index is 0.276. The Hall–Kier alpha value is -0.550. The normalized spacial score (nSPS) is 44.0. The zero-order chi connectivity index (χ0) is 14.3. The molecule has 2 heteroatoms. The highest BCUT2D eigenvalue weighted by Gasteiger charge is 2.57. The molecule has 0 saturated heterocycles. The summed E-state index contributed by atoms with van der Waals surface area (Å²) in [4.78, 5) is 0. The van der Waals surface area contributed by atoms with Crippen LogP contribution in [0.5, 0.6) is 0 Å². The Bertz CT molecular complexity index is 368. The van der Waals surface area contributed by atoms with E-state index in [2.05, 4.69) is 33.8 Å². The Kier molecular flexibility index (Phi) is 3.73. The number of hydrogen-bond acceptors (Lipinski definition) is 2. The zero-order valence-corrected chi connectivity index (χ0v) is 13.0. The summed E-state index contributed by atoms with van der Waals surface area (Å²) >= 11 is 0. The molecule has 0 radical (unpaired) electrons. The van der Waals surface area contributed by atoms with Crippen molar-refractivity contribution < 1.29 is 5.11 Å². The average Bonchev–Trinajstić information content (AvgIpc) is 2.70. The maximum absolute atomic E-state index is 11.1. The SMILES string of the molecule is CC1CCCC1(O)C1(C#N)CCC(C(C)(C)C)CC1. The molecule has 0 aromatic heterocycles. The van der Waals surface area contributed by atoms with Crippen LogP contribution in [0.2, 0.25) is 0 Å². The highest BCUT2D eigenvalue weighted by molar-refractivity contribution is 5.16. The third-order valence-electron chi connectivity index (χ3n) is 6.12. The van der Waals surface area contributed by atoms with Gasteiger partial charge in [0.05, 0.1) is 17.1 Å². The fraction of sp³-hybridized carbons (Fsp3) is 0.941. The Morgan fingerprint density at radius 2 is 1.68 bits per heavy atom. The molecule has 2 saturated carbocycles. The standard InChI is InChI=1S/C17H29NO/c1-13-6-5-9-17(13,19)16(12-18)10-7-14(8-11-16)15(2,3)4/h13-14,19H,5-11H2,1-4H3. The molecule has 2 aliphatic rings. The minimum Gasteiger partial charge on any atom is -0.388 e. The molecular formula is C17H29NO. The van der Waals surface area contributed by atoms with Crippen LogP contribution in [-0.4, -0.2) is 10.7 Å². The Labute approximate surface area is 118 Å². The van der Waals surface area contributed by atoms with Crippen molar-refractivity contribution in [3.05, 3.63) is 0 Å². The van der Waals surface area contributed by atoms with E-state index in [4.69, 9.17) is 0 Å².